The van der Waals surface area contributed by atoms with Gasteiger partial charge in [-0.15, -0.1) is 11.3 Å². The van der Waals surface area contributed by atoms with Crippen LogP contribution in [0.2, 0.25) is 0 Å². The molecular weight excluding hydrogens is 354 g/mol. The van der Waals surface area contributed by atoms with E-state index >= 15 is 0 Å². The van der Waals surface area contributed by atoms with Gasteiger partial charge in [0.2, 0.25) is 10.0 Å². The van der Waals surface area contributed by atoms with Crippen molar-refractivity contribution in [2.45, 2.75) is 31.7 Å². The molecule has 0 radical (unpaired) electrons. The second kappa shape index (κ2) is 7.56. The van der Waals surface area contributed by atoms with E-state index in [1.807, 2.05) is 43.5 Å². The Kier molecular flexibility index (Phi) is 5.42. The molecule has 0 saturated heterocycles. The highest BCUT2D eigenvalue weighted by molar-refractivity contribution is 7.89. The van der Waals surface area contributed by atoms with Gasteiger partial charge in [-0.05, 0) is 55.0 Å². The molecule has 25 heavy (non-hydrogen) atoms. The predicted octanol–water partition coefficient (Wildman–Crippen LogP) is 4.39. The number of hydrogen-bond acceptors (Lipinski definition) is 4. The maximum absolute atomic E-state index is 13.3. The summed E-state index contributed by atoms with van der Waals surface area (Å²) in [4.78, 5) is 1.55. The van der Waals surface area contributed by atoms with Crippen LogP contribution in [0, 0.1) is 13.8 Å². The molecule has 0 saturated carbocycles. The van der Waals surface area contributed by atoms with Gasteiger partial charge in [-0.25, -0.2) is 8.42 Å². The first kappa shape index (κ1) is 17.9. The van der Waals surface area contributed by atoms with Crippen molar-refractivity contribution in [2.75, 3.05) is 6.54 Å². The van der Waals surface area contributed by atoms with E-state index in [2.05, 4.69) is 0 Å². The quantitative estimate of drug-likeness (QED) is 0.615. The van der Waals surface area contributed by atoms with E-state index in [9.17, 15) is 8.42 Å². The maximum Gasteiger partial charge on any atom is 0.243 e. The Morgan fingerprint density at radius 1 is 1.16 bits per heavy atom. The Labute approximate surface area is 152 Å². The molecular formula is C19H21NO3S2. The molecule has 0 atom stereocenters. The molecule has 3 rings (SSSR count). The van der Waals surface area contributed by atoms with E-state index in [4.69, 9.17) is 4.42 Å². The molecule has 0 amide bonds. The largest absolute Gasteiger partial charge is 0.472 e. The van der Waals surface area contributed by atoms with Crippen molar-refractivity contribution >= 4 is 21.4 Å². The molecule has 132 valence electrons. The van der Waals surface area contributed by atoms with E-state index in [1.54, 1.807) is 40.3 Å². The third kappa shape index (κ3) is 4.21. The molecule has 0 aliphatic heterocycles. The van der Waals surface area contributed by atoms with Gasteiger partial charge in [-0.3, -0.25) is 0 Å². The van der Waals surface area contributed by atoms with Crippen molar-refractivity contribution in [2.24, 2.45) is 0 Å². The Morgan fingerprint density at radius 3 is 2.68 bits per heavy atom. The number of furan rings is 1. The van der Waals surface area contributed by atoms with Crippen LogP contribution in [0.1, 0.15) is 21.6 Å². The Morgan fingerprint density at radius 2 is 2.00 bits per heavy atom. The zero-order valence-corrected chi connectivity index (χ0v) is 15.9. The highest BCUT2D eigenvalue weighted by atomic mass is 32.2. The summed E-state index contributed by atoms with van der Waals surface area (Å²) < 4.78 is 33.2. The molecule has 2 aromatic heterocycles. The zero-order chi connectivity index (χ0) is 17.9. The van der Waals surface area contributed by atoms with E-state index in [-0.39, 0.29) is 0 Å². The SMILES string of the molecule is Cc1ccc(C)c(S(=O)(=O)N(CCc2cccs2)Cc2ccoc2)c1. The van der Waals surface area contributed by atoms with Gasteiger partial charge in [-0.1, -0.05) is 18.2 Å². The summed E-state index contributed by atoms with van der Waals surface area (Å²) in [5.74, 6) is 0. The lowest BCUT2D eigenvalue weighted by atomic mass is 10.2. The van der Waals surface area contributed by atoms with E-state index in [1.165, 1.54) is 4.88 Å². The minimum absolute atomic E-state index is 0.303. The Bertz CT molecular complexity index is 914. The average Bonchev–Trinajstić information content (AvgIpc) is 3.26. The summed E-state index contributed by atoms with van der Waals surface area (Å²) in [7, 11) is -3.59. The van der Waals surface area contributed by atoms with Crippen LogP contribution in [0.15, 0.2) is 63.6 Å². The summed E-state index contributed by atoms with van der Waals surface area (Å²) in [6.45, 7) is 4.48. The van der Waals surface area contributed by atoms with Crippen LogP contribution >= 0.6 is 11.3 Å². The second-order valence-electron chi connectivity index (χ2n) is 6.07. The lowest BCUT2D eigenvalue weighted by molar-refractivity contribution is 0.408. The third-order valence-corrected chi connectivity index (χ3v) is 7.01. The fourth-order valence-corrected chi connectivity index (χ4v) is 5.12. The summed E-state index contributed by atoms with van der Waals surface area (Å²) in [5, 5.41) is 2.01. The highest BCUT2D eigenvalue weighted by Gasteiger charge is 2.26. The van der Waals surface area contributed by atoms with Crippen LogP contribution in [0.3, 0.4) is 0 Å². The van der Waals surface area contributed by atoms with E-state index in [0.717, 1.165) is 16.7 Å². The molecule has 0 fully saturated rings. The van der Waals surface area contributed by atoms with Gasteiger partial charge >= 0.3 is 0 Å². The summed E-state index contributed by atoms with van der Waals surface area (Å²) >= 11 is 1.64. The number of thiophene rings is 1. The number of benzene rings is 1. The molecule has 0 bridgehead atoms. The molecule has 2 heterocycles. The van der Waals surface area contributed by atoms with Gasteiger partial charge in [-0.2, -0.15) is 4.31 Å². The molecule has 0 aliphatic rings. The average molecular weight is 376 g/mol. The molecule has 6 heteroatoms. The summed E-state index contributed by atoms with van der Waals surface area (Å²) in [6.07, 6.45) is 3.85. The van der Waals surface area contributed by atoms with Crippen molar-refractivity contribution in [1.82, 2.24) is 4.31 Å². The second-order valence-corrected chi connectivity index (χ2v) is 9.01. The van der Waals surface area contributed by atoms with Crippen molar-refractivity contribution in [3.8, 4) is 0 Å². The Balaban J connectivity index is 1.92. The van der Waals surface area contributed by atoms with Crippen LogP contribution in [0.25, 0.3) is 0 Å². The monoisotopic (exact) mass is 375 g/mol. The molecule has 4 nitrogen and oxygen atoms in total. The van der Waals surface area contributed by atoms with Crippen molar-refractivity contribution < 1.29 is 12.8 Å². The van der Waals surface area contributed by atoms with Crippen LogP contribution in [0.4, 0.5) is 0 Å². The van der Waals surface area contributed by atoms with Crippen molar-refractivity contribution in [3.05, 3.63) is 75.9 Å². The van der Waals surface area contributed by atoms with Crippen LogP contribution < -0.4 is 0 Å². The predicted molar refractivity (Wildman–Crippen MR) is 100 cm³/mol. The minimum Gasteiger partial charge on any atom is -0.472 e. The maximum atomic E-state index is 13.3. The number of hydrogen-bond donors (Lipinski definition) is 0. The number of aryl methyl sites for hydroxylation is 2. The van der Waals surface area contributed by atoms with Gasteiger partial charge in [0.05, 0.1) is 17.4 Å². The summed E-state index contributed by atoms with van der Waals surface area (Å²) in [5.41, 5.74) is 2.55. The number of nitrogens with zero attached hydrogens (tertiary/aromatic N) is 1. The van der Waals surface area contributed by atoms with Gasteiger partial charge in [0, 0.05) is 23.5 Å². The fraction of sp³-hybridized carbons (Fsp3) is 0.263. The molecule has 1 aromatic carbocycles. The third-order valence-electron chi connectivity index (χ3n) is 4.09. The smallest absolute Gasteiger partial charge is 0.243 e. The van der Waals surface area contributed by atoms with Gasteiger partial charge in [0.15, 0.2) is 0 Å². The van der Waals surface area contributed by atoms with Crippen LogP contribution in [-0.4, -0.2) is 19.3 Å². The lowest BCUT2D eigenvalue weighted by Crippen LogP contribution is -2.33. The van der Waals surface area contributed by atoms with Crippen LogP contribution in [0.5, 0.6) is 0 Å². The van der Waals surface area contributed by atoms with Gasteiger partial charge in [0.25, 0.3) is 0 Å². The highest BCUT2D eigenvalue weighted by Crippen LogP contribution is 2.24. The zero-order valence-electron chi connectivity index (χ0n) is 14.3. The molecule has 0 aliphatic carbocycles. The van der Waals surface area contributed by atoms with Gasteiger partial charge < -0.3 is 4.42 Å². The minimum atomic E-state index is -3.59. The lowest BCUT2D eigenvalue weighted by Gasteiger charge is -2.23. The van der Waals surface area contributed by atoms with Crippen molar-refractivity contribution in [3.63, 3.8) is 0 Å². The topological polar surface area (TPSA) is 50.5 Å². The number of sulfonamides is 1. The fourth-order valence-electron chi connectivity index (χ4n) is 2.68. The standard InChI is InChI=1S/C19H21NO3S2/c1-15-5-6-16(2)19(12-15)25(21,22)20(13-17-8-10-23-14-17)9-7-18-4-3-11-24-18/h3-6,8,10-12,14H,7,9,13H2,1-2H3. The van der Waals surface area contributed by atoms with Crippen molar-refractivity contribution in [1.29, 1.82) is 0 Å². The van der Waals surface area contributed by atoms with E-state index in [0.29, 0.717) is 24.4 Å². The normalized spacial score (nSPS) is 12.0. The molecule has 0 unspecified atom stereocenters. The van der Waals surface area contributed by atoms with Crippen LogP contribution in [-0.2, 0) is 23.0 Å². The van der Waals surface area contributed by atoms with E-state index < -0.39 is 10.0 Å². The van der Waals surface area contributed by atoms with Gasteiger partial charge in [0.1, 0.15) is 0 Å². The Hall–Kier alpha value is -1.89. The first-order valence-corrected chi connectivity index (χ1v) is 10.4. The molecule has 3 aromatic rings. The molecule has 0 N–H and O–H groups in total. The first-order chi connectivity index (χ1) is 12.0. The molecule has 0 spiro atoms. The first-order valence-electron chi connectivity index (χ1n) is 8.07. The number of rotatable bonds is 7. The summed E-state index contributed by atoms with van der Waals surface area (Å²) in [6, 6.07) is 11.4.